The highest BCUT2D eigenvalue weighted by atomic mass is 15.3. The summed E-state index contributed by atoms with van der Waals surface area (Å²) in [6, 6.07) is 8.75. The molecule has 1 aromatic carbocycles. The van der Waals surface area contributed by atoms with E-state index in [1.54, 1.807) is 0 Å². The van der Waals surface area contributed by atoms with E-state index in [4.69, 9.17) is 5.73 Å². The minimum absolute atomic E-state index is 0.709. The van der Waals surface area contributed by atoms with Crippen LogP contribution in [-0.4, -0.2) is 32.8 Å². The van der Waals surface area contributed by atoms with Crippen LogP contribution >= 0.6 is 0 Å². The van der Waals surface area contributed by atoms with Gasteiger partial charge in [-0.05, 0) is 24.1 Å². The predicted octanol–water partition coefficient (Wildman–Crippen LogP) is 0.795. The molecule has 1 aromatic heterocycles. The van der Waals surface area contributed by atoms with E-state index in [2.05, 4.69) is 43.9 Å². The molecule has 2 heterocycles. The lowest BCUT2D eigenvalue weighted by Gasteiger charge is -2.26. The van der Waals surface area contributed by atoms with Crippen LogP contribution < -0.4 is 5.73 Å². The van der Waals surface area contributed by atoms with Gasteiger partial charge in [0.15, 0.2) is 0 Å². The second kappa shape index (κ2) is 5.50. The summed E-state index contributed by atoms with van der Waals surface area (Å²) >= 11 is 0. The molecule has 0 aliphatic carbocycles. The van der Waals surface area contributed by atoms with Crippen LogP contribution in [0.2, 0.25) is 0 Å². The van der Waals surface area contributed by atoms with Gasteiger partial charge in [-0.25, -0.2) is 0 Å². The van der Waals surface area contributed by atoms with Crippen molar-refractivity contribution in [2.45, 2.75) is 26.1 Å². The molecule has 0 bridgehead atoms. The van der Waals surface area contributed by atoms with E-state index < -0.39 is 0 Å². The average Bonchev–Trinajstić information content (AvgIpc) is 2.89. The average molecular weight is 257 g/mol. The Balaban J connectivity index is 1.63. The molecule has 0 saturated carbocycles. The molecule has 3 rings (SSSR count). The highest BCUT2D eigenvalue weighted by Gasteiger charge is 2.17. The summed E-state index contributed by atoms with van der Waals surface area (Å²) in [7, 11) is 0. The van der Waals surface area contributed by atoms with Gasteiger partial charge >= 0.3 is 0 Å². The molecule has 0 spiro atoms. The Bertz CT molecular complexity index is 531. The molecule has 1 aliphatic rings. The first kappa shape index (κ1) is 12.3. The fourth-order valence-corrected chi connectivity index (χ4v) is 2.49. The molecule has 0 radical (unpaired) electrons. The van der Waals surface area contributed by atoms with Crippen LogP contribution in [0, 0.1) is 0 Å². The van der Waals surface area contributed by atoms with Crippen molar-refractivity contribution in [3.8, 4) is 0 Å². The van der Waals surface area contributed by atoms with Crippen molar-refractivity contribution < 1.29 is 0 Å². The highest BCUT2D eigenvalue weighted by molar-refractivity contribution is 5.22. The lowest BCUT2D eigenvalue weighted by molar-refractivity contribution is 0.209. The summed E-state index contributed by atoms with van der Waals surface area (Å²) in [5.41, 5.74) is 8.21. The highest BCUT2D eigenvalue weighted by Crippen LogP contribution is 2.13. The van der Waals surface area contributed by atoms with Crippen LogP contribution in [0.1, 0.15) is 17.0 Å². The maximum absolute atomic E-state index is 5.56. The minimum Gasteiger partial charge on any atom is -0.330 e. The summed E-state index contributed by atoms with van der Waals surface area (Å²) in [5.74, 6) is 1.06. The van der Waals surface area contributed by atoms with Crippen molar-refractivity contribution in [1.29, 1.82) is 0 Å². The number of nitrogens with two attached hydrogens (primary N) is 1. The van der Waals surface area contributed by atoms with E-state index >= 15 is 0 Å². The molecule has 0 atom stereocenters. The largest absolute Gasteiger partial charge is 0.330 e. The summed E-state index contributed by atoms with van der Waals surface area (Å²) in [4.78, 5) is 2.40. The van der Waals surface area contributed by atoms with Crippen molar-refractivity contribution in [2.75, 3.05) is 13.1 Å². The first-order chi connectivity index (χ1) is 9.35. The van der Waals surface area contributed by atoms with Gasteiger partial charge in [-0.1, -0.05) is 24.3 Å². The molecule has 5 heteroatoms. The van der Waals surface area contributed by atoms with Gasteiger partial charge in [-0.2, -0.15) is 0 Å². The van der Waals surface area contributed by atoms with Gasteiger partial charge < -0.3 is 10.3 Å². The first-order valence-electron chi connectivity index (χ1n) is 6.72. The van der Waals surface area contributed by atoms with E-state index in [-0.39, 0.29) is 0 Å². The lowest BCUT2D eigenvalue weighted by atomic mass is 10.1. The van der Waals surface area contributed by atoms with E-state index in [1.165, 1.54) is 11.1 Å². The van der Waals surface area contributed by atoms with E-state index in [1.807, 2.05) is 6.33 Å². The normalized spacial score (nSPS) is 15.4. The van der Waals surface area contributed by atoms with Crippen molar-refractivity contribution in [3.63, 3.8) is 0 Å². The standard InChI is InChI=1S/C14H19N5/c15-6-5-12-1-3-13(4-2-12)9-18-7-8-19-11-16-17-14(19)10-18/h1-4,11H,5-10,15H2. The number of benzene rings is 1. The van der Waals surface area contributed by atoms with Crippen LogP contribution in [0.25, 0.3) is 0 Å². The zero-order chi connectivity index (χ0) is 13.1. The van der Waals surface area contributed by atoms with Gasteiger partial charge in [0.1, 0.15) is 12.2 Å². The predicted molar refractivity (Wildman–Crippen MR) is 73.3 cm³/mol. The van der Waals surface area contributed by atoms with Gasteiger partial charge in [-0.3, -0.25) is 4.90 Å². The summed E-state index contributed by atoms with van der Waals surface area (Å²) < 4.78 is 2.13. The van der Waals surface area contributed by atoms with Crippen molar-refractivity contribution in [3.05, 3.63) is 47.5 Å². The number of rotatable bonds is 4. The van der Waals surface area contributed by atoms with Crippen molar-refractivity contribution in [2.24, 2.45) is 5.73 Å². The first-order valence-corrected chi connectivity index (χ1v) is 6.72. The summed E-state index contributed by atoms with van der Waals surface area (Å²) in [6.07, 6.45) is 2.77. The summed E-state index contributed by atoms with van der Waals surface area (Å²) in [6.45, 7) is 4.59. The van der Waals surface area contributed by atoms with Crippen LogP contribution in [-0.2, 0) is 26.1 Å². The van der Waals surface area contributed by atoms with E-state index in [0.717, 1.165) is 38.4 Å². The quantitative estimate of drug-likeness (QED) is 0.880. The maximum Gasteiger partial charge on any atom is 0.147 e. The zero-order valence-corrected chi connectivity index (χ0v) is 11.0. The third-order valence-corrected chi connectivity index (χ3v) is 3.58. The van der Waals surface area contributed by atoms with Crippen LogP contribution in [0.4, 0.5) is 0 Å². The number of hydrogen-bond donors (Lipinski definition) is 1. The molecule has 1 aliphatic heterocycles. The molecule has 19 heavy (non-hydrogen) atoms. The van der Waals surface area contributed by atoms with Crippen LogP contribution in [0.5, 0.6) is 0 Å². The number of nitrogens with zero attached hydrogens (tertiary/aromatic N) is 4. The maximum atomic E-state index is 5.56. The monoisotopic (exact) mass is 257 g/mol. The molecule has 0 saturated heterocycles. The van der Waals surface area contributed by atoms with E-state index in [9.17, 15) is 0 Å². The fourth-order valence-electron chi connectivity index (χ4n) is 2.49. The second-order valence-corrected chi connectivity index (χ2v) is 5.01. The van der Waals surface area contributed by atoms with Crippen molar-refractivity contribution >= 4 is 0 Å². The molecular formula is C14H19N5. The molecule has 0 fully saturated rings. The Morgan fingerprint density at radius 2 is 1.89 bits per heavy atom. The van der Waals surface area contributed by atoms with E-state index in [0.29, 0.717) is 6.54 Å². The van der Waals surface area contributed by atoms with Gasteiger partial charge in [0, 0.05) is 19.6 Å². The topological polar surface area (TPSA) is 60.0 Å². The lowest BCUT2D eigenvalue weighted by Crippen LogP contribution is -2.33. The molecule has 2 aromatic rings. The smallest absolute Gasteiger partial charge is 0.147 e. The number of hydrogen-bond acceptors (Lipinski definition) is 4. The van der Waals surface area contributed by atoms with Crippen LogP contribution in [0.15, 0.2) is 30.6 Å². The van der Waals surface area contributed by atoms with Crippen molar-refractivity contribution in [1.82, 2.24) is 19.7 Å². The SMILES string of the molecule is NCCc1ccc(CN2CCn3cnnc3C2)cc1. The molecule has 100 valence electrons. The van der Waals surface area contributed by atoms with Gasteiger partial charge in [-0.15, -0.1) is 10.2 Å². The third-order valence-electron chi connectivity index (χ3n) is 3.58. The molecule has 0 unspecified atom stereocenters. The van der Waals surface area contributed by atoms with Gasteiger partial charge in [0.05, 0.1) is 6.54 Å². The fraction of sp³-hybridized carbons (Fsp3) is 0.429. The summed E-state index contributed by atoms with van der Waals surface area (Å²) in [5, 5.41) is 8.10. The third kappa shape index (κ3) is 2.83. The Hall–Kier alpha value is -1.72. The Kier molecular flexibility index (Phi) is 3.57. The van der Waals surface area contributed by atoms with Crippen LogP contribution in [0.3, 0.4) is 0 Å². The molecule has 0 amide bonds. The van der Waals surface area contributed by atoms with Gasteiger partial charge in [0.2, 0.25) is 0 Å². The number of aromatic nitrogens is 3. The van der Waals surface area contributed by atoms with Gasteiger partial charge in [0.25, 0.3) is 0 Å². The Morgan fingerprint density at radius 3 is 2.68 bits per heavy atom. The Labute approximate surface area is 113 Å². The molecule has 2 N–H and O–H groups in total. The Morgan fingerprint density at radius 1 is 1.11 bits per heavy atom. The zero-order valence-electron chi connectivity index (χ0n) is 11.0. The number of fused-ring (bicyclic) bond motifs is 1. The molecule has 5 nitrogen and oxygen atoms in total. The molecular weight excluding hydrogens is 238 g/mol. The second-order valence-electron chi connectivity index (χ2n) is 5.01. The minimum atomic E-state index is 0.709.